The number of aryl methyl sites for hydroxylation is 4. The van der Waals surface area contributed by atoms with E-state index in [9.17, 15) is 0 Å². The summed E-state index contributed by atoms with van der Waals surface area (Å²) in [4.78, 5) is 16.5. The lowest BCUT2D eigenvalue weighted by Gasteiger charge is -2.07. The van der Waals surface area contributed by atoms with Crippen molar-refractivity contribution in [2.24, 2.45) is 0 Å². The standard InChI is InChI=1S/C15H20N6/c1-3-13-18-12(2)14(19-13)15-17-6-10-21(15)8-4-7-20-9-5-16-11-20/h5-6,9-11H,3-4,7-8H2,1-2H3,(H,18,19). The molecule has 0 radical (unpaired) electrons. The lowest BCUT2D eigenvalue weighted by Crippen LogP contribution is -2.04. The van der Waals surface area contributed by atoms with Crippen molar-refractivity contribution >= 4 is 0 Å². The molecule has 3 aromatic heterocycles. The zero-order valence-electron chi connectivity index (χ0n) is 12.5. The molecule has 0 saturated heterocycles. The van der Waals surface area contributed by atoms with E-state index in [1.54, 1.807) is 0 Å². The number of imidazole rings is 3. The normalized spacial score (nSPS) is 11.1. The number of hydrogen-bond donors (Lipinski definition) is 1. The fraction of sp³-hybridized carbons (Fsp3) is 0.400. The molecule has 0 aliphatic heterocycles. The van der Waals surface area contributed by atoms with Crippen LogP contribution >= 0.6 is 0 Å². The monoisotopic (exact) mass is 284 g/mol. The summed E-state index contributed by atoms with van der Waals surface area (Å²) < 4.78 is 4.26. The Morgan fingerprint density at radius 1 is 1.19 bits per heavy atom. The maximum Gasteiger partial charge on any atom is 0.160 e. The molecule has 0 aromatic carbocycles. The minimum Gasteiger partial charge on any atom is -0.345 e. The molecule has 0 saturated carbocycles. The van der Waals surface area contributed by atoms with Gasteiger partial charge in [0.05, 0.1) is 6.33 Å². The maximum atomic E-state index is 4.64. The molecule has 0 atom stereocenters. The van der Waals surface area contributed by atoms with Gasteiger partial charge in [0.1, 0.15) is 11.5 Å². The smallest absolute Gasteiger partial charge is 0.160 e. The summed E-state index contributed by atoms with van der Waals surface area (Å²) in [6.07, 6.45) is 11.4. The van der Waals surface area contributed by atoms with E-state index in [0.717, 1.165) is 49.0 Å². The lowest BCUT2D eigenvalue weighted by atomic mass is 10.3. The highest BCUT2D eigenvalue weighted by molar-refractivity contribution is 5.53. The van der Waals surface area contributed by atoms with Crippen LogP contribution in [-0.2, 0) is 19.5 Å². The van der Waals surface area contributed by atoms with Crippen molar-refractivity contribution in [3.63, 3.8) is 0 Å². The van der Waals surface area contributed by atoms with Crippen LogP contribution in [0.25, 0.3) is 11.5 Å². The highest BCUT2D eigenvalue weighted by Crippen LogP contribution is 2.20. The van der Waals surface area contributed by atoms with Gasteiger partial charge < -0.3 is 14.1 Å². The molecule has 3 aromatic rings. The molecule has 6 heteroatoms. The number of nitrogens with one attached hydrogen (secondary N) is 1. The number of aromatic amines is 1. The largest absolute Gasteiger partial charge is 0.345 e. The summed E-state index contributed by atoms with van der Waals surface area (Å²) in [7, 11) is 0. The number of aromatic nitrogens is 6. The number of nitrogens with zero attached hydrogens (tertiary/aromatic N) is 5. The van der Waals surface area contributed by atoms with E-state index in [-0.39, 0.29) is 0 Å². The van der Waals surface area contributed by atoms with Crippen molar-refractivity contribution in [3.8, 4) is 11.5 Å². The predicted octanol–water partition coefficient (Wildman–Crippen LogP) is 2.43. The van der Waals surface area contributed by atoms with Crippen molar-refractivity contribution in [2.75, 3.05) is 0 Å². The Labute approximate surface area is 123 Å². The second-order valence-corrected chi connectivity index (χ2v) is 5.11. The average Bonchev–Trinajstić information content (AvgIpc) is 3.19. The first kappa shape index (κ1) is 13.6. The highest BCUT2D eigenvalue weighted by Gasteiger charge is 2.13. The van der Waals surface area contributed by atoms with Crippen LogP contribution in [-0.4, -0.2) is 29.1 Å². The molecule has 0 bridgehead atoms. The predicted molar refractivity (Wildman–Crippen MR) is 80.8 cm³/mol. The summed E-state index contributed by atoms with van der Waals surface area (Å²) in [5.41, 5.74) is 2.04. The van der Waals surface area contributed by atoms with Gasteiger partial charge in [-0.05, 0) is 13.3 Å². The van der Waals surface area contributed by atoms with E-state index in [1.165, 1.54) is 0 Å². The van der Waals surface area contributed by atoms with E-state index < -0.39 is 0 Å². The Morgan fingerprint density at radius 3 is 2.81 bits per heavy atom. The molecule has 0 aliphatic rings. The van der Waals surface area contributed by atoms with Gasteiger partial charge in [0.15, 0.2) is 5.82 Å². The average molecular weight is 284 g/mol. The zero-order chi connectivity index (χ0) is 14.7. The van der Waals surface area contributed by atoms with Crippen molar-refractivity contribution in [1.29, 1.82) is 0 Å². The zero-order valence-corrected chi connectivity index (χ0v) is 12.5. The van der Waals surface area contributed by atoms with Crippen molar-refractivity contribution in [2.45, 2.75) is 39.8 Å². The quantitative estimate of drug-likeness (QED) is 0.756. The van der Waals surface area contributed by atoms with Crippen LogP contribution in [0.1, 0.15) is 24.9 Å². The molecule has 0 spiro atoms. The van der Waals surface area contributed by atoms with E-state index >= 15 is 0 Å². The molecule has 3 heterocycles. The molecule has 1 N–H and O–H groups in total. The van der Waals surface area contributed by atoms with Crippen LogP contribution in [0.15, 0.2) is 31.1 Å². The Hall–Kier alpha value is -2.37. The van der Waals surface area contributed by atoms with Crippen LogP contribution < -0.4 is 0 Å². The minimum absolute atomic E-state index is 0.905. The van der Waals surface area contributed by atoms with Crippen molar-refractivity contribution in [3.05, 3.63) is 42.6 Å². The molecule has 0 fully saturated rings. The fourth-order valence-corrected chi connectivity index (χ4v) is 2.46. The Balaban J connectivity index is 1.72. The maximum absolute atomic E-state index is 4.64. The lowest BCUT2D eigenvalue weighted by molar-refractivity contribution is 0.566. The molecule has 3 rings (SSSR count). The molecule has 0 unspecified atom stereocenters. The third kappa shape index (κ3) is 2.89. The molecule has 110 valence electrons. The van der Waals surface area contributed by atoms with Gasteiger partial charge in [0.25, 0.3) is 0 Å². The highest BCUT2D eigenvalue weighted by atomic mass is 15.1. The first-order valence-corrected chi connectivity index (χ1v) is 7.30. The second kappa shape index (κ2) is 5.95. The van der Waals surface area contributed by atoms with Gasteiger partial charge in [-0.2, -0.15) is 0 Å². The van der Waals surface area contributed by atoms with Crippen molar-refractivity contribution in [1.82, 2.24) is 29.1 Å². The summed E-state index contributed by atoms with van der Waals surface area (Å²) >= 11 is 0. The third-order valence-electron chi connectivity index (χ3n) is 3.57. The fourth-order valence-electron chi connectivity index (χ4n) is 2.46. The van der Waals surface area contributed by atoms with Crippen LogP contribution in [0.5, 0.6) is 0 Å². The SMILES string of the molecule is CCc1nc(-c2nccn2CCCn2ccnc2)c(C)[nH]1. The van der Waals surface area contributed by atoms with Gasteiger partial charge in [-0.25, -0.2) is 15.0 Å². The Morgan fingerprint density at radius 2 is 2.10 bits per heavy atom. The number of rotatable bonds is 6. The Kier molecular flexibility index (Phi) is 3.85. The van der Waals surface area contributed by atoms with Gasteiger partial charge in [0, 0.05) is 50.0 Å². The van der Waals surface area contributed by atoms with Crippen molar-refractivity contribution < 1.29 is 0 Å². The van der Waals surface area contributed by atoms with Crippen LogP contribution in [0.3, 0.4) is 0 Å². The van der Waals surface area contributed by atoms with Gasteiger partial charge in [-0.3, -0.25) is 0 Å². The summed E-state index contributed by atoms with van der Waals surface area (Å²) in [6, 6.07) is 0. The number of hydrogen-bond acceptors (Lipinski definition) is 3. The Bertz CT molecular complexity index is 692. The van der Waals surface area contributed by atoms with Crippen LogP contribution in [0.4, 0.5) is 0 Å². The molecule has 0 amide bonds. The van der Waals surface area contributed by atoms with Gasteiger partial charge in [-0.15, -0.1) is 0 Å². The van der Waals surface area contributed by atoms with E-state index in [1.807, 2.05) is 38.0 Å². The summed E-state index contributed by atoms with van der Waals surface area (Å²) in [5, 5.41) is 0. The topological polar surface area (TPSA) is 64.3 Å². The summed E-state index contributed by atoms with van der Waals surface area (Å²) in [5.74, 6) is 1.95. The van der Waals surface area contributed by atoms with Gasteiger partial charge >= 0.3 is 0 Å². The molecule has 6 nitrogen and oxygen atoms in total. The first-order valence-electron chi connectivity index (χ1n) is 7.30. The summed E-state index contributed by atoms with van der Waals surface area (Å²) in [6.45, 7) is 6.02. The van der Waals surface area contributed by atoms with E-state index in [2.05, 4.69) is 36.0 Å². The third-order valence-corrected chi connectivity index (χ3v) is 3.57. The number of H-pyrrole nitrogens is 1. The molecule has 0 aliphatic carbocycles. The second-order valence-electron chi connectivity index (χ2n) is 5.11. The van der Waals surface area contributed by atoms with Crippen LogP contribution in [0.2, 0.25) is 0 Å². The molecule has 21 heavy (non-hydrogen) atoms. The van der Waals surface area contributed by atoms with E-state index in [4.69, 9.17) is 0 Å². The molecular formula is C15H20N6. The van der Waals surface area contributed by atoms with E-state index in [0.29, 0.717) is 0 Å². The minimum atomic E-state index is 0.905. The first-order chi connectivity index (χ1) is 10.3. The molecular weight excluding hydrogens is 264 g/mol. The van der Waals surface area contributed by atoms with Gasteiger partial charge in [0.2, 0.25) is 0 Å². The van der Waals surface area contributed by atoms with Gasteiger partial charge in [-0.1, -0.05) is 6.92 Å². The van der Waals surface area contributed by atoms with Crippen LogP contribution in [0, 0.1) is 6.92 Å².